The zero-order chi connectivity index (χ0) is 18.8. The molecule has 9 heteroatoms. The van der Waals surface area contributed by atoms with Crippen LogP contribution in [0.2, 0.25) is 0 Å². The van der Waals surface area contributed by atoms with Crippen molar-refractivity contribution in [3.8, 4) is 11.5 Å². The van der Waals surface area contributed by atoms with E-state index in [1.165, 1.54) is 32.4 Å². The predicted molar refractivity (Wildman–Crippen MR) is 88.5 cm³/mol. The van der Waals surface area contributed by atoms with E-state index in [1.54, 1.807) is 6.92 Å². The van der Waals surface area contributed by atoms with Crippen LogP contribution < -0.4 is 14.2 Å². The Balaban J connectivity index is 2.53. The van der Waals surface area contributed by atoms with Crippen LogP contribution in [0, 0.1) is 12.7 Å². The van der Waals surface area contributed by atoms with Crippen molar-refractivity contribution in [2.75, 3.05) is 18.9 Å². The molecule has 0 spiro atoms. The second-order valence-electron chi connectivity index (χ2n) is 5.10. The van der Waals surface area contributed by atoms with Crippen LogP contribution in [0.15, 0.2) is 35.2 Å². The molecule has 7 nitrogen and oxygen atoms in total. The standard InChI is InChI=1S/C16H16FNO6S/c1-9-4-5-12(10(6-9)16(19)20)18-25(21,22)15-8-14(24-3)13(23-2)7-11(15)17/h4-8,18H,1-3H3,(H,19,20). The van der Waals surface area contributed by atoms with E-state index in [2.05, 4.69) is 4.72 Å². The fourth-order valence-electron chi connectivity index (χ4n) is 2.17. The molecule has 0 amide bonds. The van der Waals surface area contributed by atoms with Crippen molar-refractivity contribution in [3.63, 3.8) is 0 Å². The maximum absolute atomic E-state index is 14.2. The largest absolute Gasteiger partial charge is 0.493 e. The normalized spacial score (nSPS) is 11.0. The van der Waals surface area contributed by atoms with Gasteiger partial charge in [-0.05, 0) is 19.1 Å². The number of carbonyl (C=O) groups is 1. The highest BCUT2D eigenvalue weighted by Gasteiger charge is 2.24. The van der Waals surface area contributed by atoms with Gasteiger partial charge < -0.3 is 14.6 Å². The molecule has 2 rings (SSSR count). The molecular weight excluding hydrogens is 353 g/mol. The van der Waals surface area contributed by atoms with Crippen LogP contribution in [0.25, 0.3) is 0 Å². The Kier molecular flexibility index (Phi) is 5.17. The fourth-order valence-corrected chi connectivity index (χ4v) is 3.32. The van der Waals surface area contributed by atoms with Gasteiger partial charge in [-0.3, -0.25) is 4.72 Å². The lowest BCUT2D eigenvalue weighted by atomic mass is 10.1. The van der Waals surface area contributed by atoms with Crippen molar-refractivity contribution < 1.29 is 32.2 Å². The van der Waals surface area contributed by atoms with Crippen molar-refractivity contribution in [1.29, 1.82) is 0 Å². The average Bonchev–Trinajstić information content (AvgIpc) is 2.55. The molecule has 0 aliphatic heterocycles. The second-order valence-corrected chi connectivity index (χ2v) is 6.75. The van der Waals surface area contributed by atoms with E-state index in [-0.39, 0.29) is 22.7 Å². The summed E-state index contributed by atoms with van der Waals surface area (Å²) >= 11 is 0. The molecule has 0 aliphatic rings. The Labute approximate surface area is 144 Å². The molecule has 0 fully saturated rings. The third-order valence-electron chi connectivity index (χ3n) is 3.38. The molecule has 0 heterocycles. The van der Waals surface area contributed by atoms with Crippen LogP contribution in [-0.4, -0.2) is 33.7 Å². The van der Waals surface area contributed by atoms with E-state index in [0.717, 1.165) is 12.1 Å². The number of nitrogens with one attached hydrogen (secondary N) is 1. The van der Waals surface area contributed by atoms with Gasteiger partial charge >= 0.3 is 5.97 Å². The van der Waals surface area contributed by atoms with Gasteiger partial charge in [0.2, 0.25) is 0 Å². The Morgan fingerprint density at radius 1 is 1.12 bits per heavy atom. The first-order valence-corrected chi connectivity index (χ1v) is 8.46. The molecule has 0 saturated heterocycles. The Hall–Kier alpha value is -2.81. The smallest absolute Gasteiger partial charge is 0.337 e. The molecule has 0 aromatic heterocycles. The molecule has 2 N–H and O–H groups in total. The number of rotatable bonds is 6. The molecule has 0 unspecified atom stereocenters. The quantitative estimate of drug-likeness (QED) is 0.812. The maximum Gasteiger partial charge on any atom is 0.337 e. The number of ether oxygens (including phenoxy) is 2. The minimum Gasteiger partial charge on any atom is -0.493 e. The number of anilines is 1. The summed E-state index contributed by atoms with van der Waals surface area (Å²) in [5.74, 6) is -2.32. The summed E-state index contributed by atoms with van der Waals surface area (Å²) in [5, 5.41) is 9.22. The molecular formula is C16H16FNO6S. The third kappa shape index (κ3) is 3.82. The Morgan fingerprint density at radius 3 is 2.28 bits per heavy atom. The van der Waals surface area contributed by atoms with Gasteiger partial charge in [0.05, 0.1) is 25.5 Å². The first-order valence-electron chi connectivity index (χ1n) is 6.98. The highest BCUT2D eigenvalue weighted by atomic mass is 32.2. The molecule has 0 atom stereocenters. The number of aromatic carboxylic acids is 1. The average molecular weight is 369 g/mol. The van der Waals surface area contributed by atoms with Gasteiger partial charge in [-0.2, -0.15) is 0 Å². The minimum absolute atomic E-state index is 0.0200. The van der Waals surface area contributed by atoms with Crippen LogP contribution >= 0.6 is 0 Å². The van der Waals surface area contributed by atoms with Gasteiger partial charge in [0.25, 0.3) is 10.0 Å². The number of carboxylic acid groups (broad SMARTS) is 1. The second kappa shape index (κ2) is 6.98. The van der Waals surface area contributed by atoms with Crippen molar-refractivity contribution in [1.82, 2.24) is 0 Å². The van der Waals surface area contributed by atoms with Gasteiger partial charge in [-0.1, -0.05) is 11.6 Å². The van der Waals surface area contributed by atoms with E-state index in [9.17, 15) is 22.7 Å². The molecule has 2 aromatic carbocycles. The van der Waals surface area contributed by atoms with E-state index >= 15 is 0 Å². The summed E-state index contributed by atoms with van der Waals surface area (Å²) in [4.78, 5) is 10.6. The highest BCUT2D eigenvalue weighted by molar-refractivity contribution is 7.92. The summed E-state index contributed by atoms with van der Waals surface area (Å²) in [7, 11) is -1.83. The molecule has 0 aliphatic carbocycles. The zero-order valence-corrected chi connectivity index (χ0v) is 14.5. The summed E-state index contributed by atoms with van der Waals surface area (Å²) in [6.45, 7) is 1.67. The zero-order valence-electron chi connectivity index (χ0n) is 13.7. The van der Waals surface area contributed by atoms with Gasteiger partial charge in [-0.15, -0.1) is 0 Å². The lowest BCUT2D eigenvalue weighted by molar-refractivity contribution is 0.0698. The van der Waals surface area contributed by atoms with Crippen LogP contribution in [0.4, 0.5) is 10.1 Å². The van der Waals surface area contributed by atoms with Crippen LogP contribution in [0.5, 0.6) is 11.5 Å². The van der Waals surface area contributed by atoms with Crippen molar-refractivity contribution >= 4 is 21.7 Å². The maximum atomic E-state index is 14.2. The number of benzene rings is 2. The Bertz CT molecular complexity index is 926. The number of hydrogen-bond acceptors (Lipinski definition) is 5. The molecule has 2 aromatic rings. The summed E-state index contributed by atoms with van der Waals surface area (Å²) in [6, 6.07) is 5.99. The Morgan fingerprint density at radius 2 is 1.72 bits per heavy atom. The number of halogens is 1. The molecule has 0 bridgehead atoms. The van der Waals surface area contributed by atoms with E-state index < -0.39 is 26.7 Å². The van der Waals surface area contributed by atoms with Crippen molar-refractivity contribution in [2.24, 2.45) is 0 Å². The summed E-state index contributed by atoms with van der Waals surface area (Å²) in [5.41, 5.74) is 0.217. The number of hydrogen-bond donors (Lipinski definition) is 2. The monoisotopic (exact) mass is 369 g/mol. The first kappa shape index (κ1) is 18.5. The van der Waals surface area contributed by atoms with Gasteiger partial charge in [0.15, 0.2) is 11.5 Å². The first-order chi connectivity index (χ1) is 11.7. The van der Waals surface area contributed by atoms with Crippen molar-refractivity contribution in [3.05, 3.63) is 47.3 Å². The molecule has 0 saturated carbocycles. The molecule has 0 radical (unpaired) electrons. The van der Waals surface area contributed by atoms with E-state index in [1.807, 2.05) is 0 Å². The van der Waals surface area contributed by atoms with E-state index in [0.29, 0.717) is 5.56 Å². The van der Waals surface area contributed by atoms with Crippen molar-refractivity contribution in [2.45, 2.75) is 11.8 Å². The summed E-state index contributed by atoms with van der Waals surface area (Å²) < 4.78 is 51.2. The number of carboxylic acids is 1. The third-order valence-corrected chi connectivity index (χ3v) is 4.76. The van der Waals surface area contributed by atoms with Crippen LogP contribution in [0.1, 0.15) is 15.9 Å². The topological polar surface area (TPSA) is 102 Å². The number of aryl methyl sites for hydroxylation is 1. The fraction of sp³-hybridized carbons (Fsp3) is 0.188. The lowest BCUT2D eigenvalue weighted by Crippen LogP contribution is -2.17. The molecule has 134 valence electrons. The molecule has 25 heavy (non-hydrogen) atoms. The van der Waals surface area contributed by atoms with Crippen LogP contribution in [-0.2, 0) is 10.0 Å². The SMILES string of the molecule is COc1cc(F)c(S(=O)(=O)Nc2ccc(C)cc2C(=O)O)cc1OC. The lowest BCUT2D eigenvalue weighted by Gasteiger charge is -2.14. The summed E-state index contributed by atoms with van der Waals surface area (Å²) in [6.07, 6.45) is 0. The van der Waals surface area contributed by atoms with Gasteiger partial charge in [0.1, 0.15) is 10.7 Å². The van der Waals surface area contributed by atoms with Gasteiger partial charge in [0, 0.05) is 12.1 Å². The predicted octanol–water partition coefficient (Wildman–Crippen LogP) is 2.65. The number of methoxy groups -OCH3 is 2. The minimum atomic E-state index is -4.39. The van der Waals surface area contributed by atoms with E-state index in [4.69, 9.17) is 9.47 Å². The highest BCUT2D eigenvalue weighted by Crippen LogP contribution is 2.33. The van der Waals surface area contributed by atoms with Crippen LogP contribution in [0.3, 0.4) is 0 Å². The van der Waals surface area contributed by atoms with Gasteiger partial charge in [-0.25, -0.2) is 17.6 Å². The number of sulfonamides is 1.